The van der Waals surface area contributed by atoms with E-state index in [0.29, 0.717) is 6.54 Å². The van der Waals surface area contributed by atoms with E-state index in [0.717, 1.165) is 24.1 Å². The minimum Gasteiger partial charge on any atom is -0.399 e. The third-order valence-electron chi connectivity index (χ3n) is 3.94. The van der Waals surface area contributed by atoms with Crippen LogP contribution in [-0.4, -0.2) is 17.9 Å². The highest BCUT2D eigenvalue weighted by atomic mass is 16.2. The summed E-state index contributed by atoms with van der Waals surface area (Å²) in [6, 6.07) is 7.74. The zero-order valence-electron chi connectivity index (χ0n) is 11.3. The van der Waals surface area contributed by atoms with Crippen LogP contribution in [0.1, 0.15) is 38.2 Å². The van der Waals surface area contributed by atoms with Crippen LogP contribution in [0.15, 0.2) is 24.3 Å². The van der Waals surface area contributed by atoms with Gasteiger partial charge < -0.3 is 10.6 Å². The quantitative estimate of drug-likeness (QED) is 0.834. The van der Waals surface area contributed by atoms with Gasteiger partial charge in [-0.2, -0.15) is 0 Å². The second-order valence-corrected chi connectivity index (χ2v) is 5.67. The highest BCUT2D eigenvalue weighted by molar-refractivity contribution is 5.82. The molecular weight excluding hydrogens is 224 g/mol. The van der Waals surface area contributed by atoms with Crippen LogP contribution in [0.25, 0.3) is 0 Å². The summed E-state index contributed by atoms with van der Waals surface area (Å²) in [4.78, 5) is 14.3. The average molecular weight is 246 g/mol. The first-order valence-corrected chi connectivity index (χ1v) is 6.61. The van der Waals surface area contributed by atoms with Gasteiger partial charge in [0.05, 0.1) is 0 Å². The van der Waals surface area contributed by atoms with Crippen LogP contribution in [0.5, 0.6) is 0 Å². The van der Waals surface area contributed by atoms with Crippen molar-refractivity contribution in [3.63, 3.8) is 0 Å². The molecular formula is C15H22N2O. The summed E-state index contributed by atoms with van der Waals surface area (Å²) >= 11 is 0. The average Bonchev–Trinajstić information content (AvgIpc) is 2.76. The summed E-state index contributed by atoms with van der Waals surface area (Å²) in [5.41, 5.74) is 7.45. The highest BCUT2D eigenvalue weighted by Gasteiger charge is 2.37. The first-order valence-electron chi connectivity index (χ1n) is 6.61. The lowest BCUT2D eigenvalue weighted by atomic mass is 9.87. The van der Waals surface area contributed by atoms with Crippen molar-refractivity contribution in [2.24, 2.45) is 5.41 Å². The maximum Gasteiger partial charge on any atom is 0.228 e. The predicted molar refractivity (Wildman–Crippen MR) is 73.9 cm³/mol. The first-order chi connectivity index (χ1) is 8.51. The van der Waals surface area contributed by atoms with Gasteiger partial charge in [0.2, 0.25) is 5.91 Å². The number of carbonyl (C=O) groups is 1. The van der Waals surface area contributed by atoms with Crippen molar-refractivity contribution in [3.05, 3.63) is 29.8 Å². The smallest absolute Gasteiger partial charge is 0.228 e. The van der Waals surface area contributed by atoms with Gasteiger partial charge in [0.25, 0.3) is 0 Å². The minimum atomic E-state index is -0.144. The maximum atomic E-state index is 12.5. The standard InChI is InChI=1S/C15H22N2O/c1-15(8-3-4-9-15)14(18)17(2)11-12-6-5-7-13(16)10-12/h5-7,10H,3-4,8-9,11,16H2,1-2H3. The molecule has 2 rings (SSSR count). The summed E-state index contributed by atoms with van der Waals surface area (Å²) in [7, 11) is 1.88. The fourth-order valence-electron chi connectivity index (χ4n) is 2.87. The second kappa shape index (κ2) is 5.01. The van der Waals surface area contributed by atoms with Gasteiger partial charge in [0.15, 0.2) is 0 Å². The van der Waals surface area contributed by atoms with Crippen molar-refractivity contribution in [3.8, 4) is 0 Å². The molecule has 3 heteroatoms. The summed E-state index contributed by atoms with van der Waals surface area (Å²) in [5.74, 6) is 0.266. The molecule has 0 bridgehead atoms. The lowest BCUT2D eigenvalue weighted by Gasteiger charge is -2.29. The molecule has 1 aromatic rings. The van der Waals surface area contributed by atoms with Gasteiger partial charge in [-0.15, -0.1) is 0 Å². The van der Waals surface area contributed by atoms with Gasteiger partial charge in [-0.05, 0) is 30.5 Å². The van der Waals surface area contributed by atoms with Gasteiger partial charge in [-0.25, -0.2) is 0 Å². The first kappa shape index (κ1) is 12.9. The second-order valence-electron chi connectivity index (χ2n) is 5.67. The number of amides is 1. The molecule has 1 aromatic carbocycles. The Labute approximate surface area is 109 Å². The van der Waals surface area contributed by atoms with E-state index >= 15 is 0 Å². The van der Waals surface area contributed by atoms with E-state index in [4.69, 9.17) is 5.73 Å². The molecule has 0 radical (unpaired) electrons. The Morgan fingerprint density at radius 3 is 2.67 bits per heavy atom. The third kappa shape index (κ3) is 2.66. The van der Waals surface area contributed by atoms with Gasteiger partial charge >= 0.3 is 0 Å². The van der Waals surface area contributed by atoms with E-state index < -0.39 is 0 Å². The van der Waals surface area contributed by atoms with Gasteiger partial charge in [-0.1, -0.05) is 31.9 Å². The van der Waals surface area contributed by atoms with Gasteiger partial charge in [0.1, 0.15) is 0 Å². The Morgan fingerprint density at radius 1 is 1.39 bits per heavy atom. The molecule has 0 spiro atoms. The Balaban J connectivity index is 2.03. The van der Waals surface area contributed by atoms with Crippen molar-refractivity contribution in [2.75, 3.05) is 12.8 Å². The number of hydrogen-bond acceptors (Lipinski definition) is 2. The van der Waals surface area contributed by atoms with Crippen LogP contribution in [0.2, 0.25) is 0 Å². The highest BCUT2D eigenvalue weighted by Crippen LogP contribution is 2.39. The third-order valence-corrected chi connectivity index (χ3v) is 3.94. The number of nitrogens with zero attached hydrogens (tertiary/aromatic N) is 1. The number of anilines is 1. The normalized spacial score (nSPS) is 17.7. The molecule has 0 saturated heterocycles. The van der Waals surface area contributed by atoms with Crippen LogP contribution in [0.4, 0.5) is 5.69 Å². The van der Waals surface area contributed by atoms with E-state index in [-0.39, 0.29) is 11.3 Å². The Bertz CT molecular complexity index is 436. The fraction of sp³-hybridized carbons (Fsp3) is 0.533. The Morgan fingerprint density at radius 2 is 2.06 bits per heavy atom. The molecule has 18 heavy (non-hydrogen) atoms. The molecule has 0 atom stereocenters. The summed E-state index contributed by atoms with van der Waals surface area (Å²) in [5, 5.41) is 0. The van der Waals surface area contributed by atoms with Crippen LogP contribution < -0.4 is 5.73 Å². The molecule has 2 N–H and O–H groups in total. The number of hydrogen-bond donors (Lipinski definition) is 1. The molecule has 98 valence electrons. The minimum absolute atomic E-state index is 0.144. The van der Waals surface area contributed by atoms with Crippen molar-refractivity contribution in [1.82, 2.24) is 4.90 Å². The van der Waals surface area contributed by atoms with Crippen LogP contribution in [0.3, 0.4) is 0 Å². The number of benzene rings is 1. The predicted octanol–water partition coefficient (Wildman–Crippen LogP) is 2.81. The summed E-state index contributed by atoms with van der Waals surface area (Å²) in [6.07, 6.45) is 4.39. The number of nitrogens with two attached hydrogens (primary N) is 1. The lowest BCUT2D eigenvalue weighted by Crippen LogP contribution is -2.38. The topological polar surface area (TPSA) is 46.3 Å². The van der Waals surface area contributed by atoms with E-state index in [9.17, 15) is 4.79 Å². The number of nitrogen functional groups attached to an aromatic ring is 1. The molecule has 0 heterocycles. The molecule has 1 amide bonds. The lowest BCUT2D eigenvalue weighted by molar-refractivity contribution is -0.140. The maximum absolute atomic E-state index is 12.5. The zero-order chi connectivity index (χ0) is 13.2. The molecule has 1 fully saturated rings. The molecule has 0 aromatic heterocycles. The van der Waals surface area contributed by atoms with Crippen molar-refractivity contribution < 1.29 is 4.79 Å². The van der Waals surface area contributed by atoms with Gasteiger partial charge in [0, 0.05) is 24.7 Å². The zero-order valence-corrected chi connectivity index (χ0v) is 11.3. The van der Waals surface area contributed by atoms with Crippen molar-refractivity contribution in [2.45, 2.75) is 39.2 Å². The van der Waals surface area contributed by atoms with E-state index in [2.05, 4.69) is 6.92 Å². The molecule has 3 nitrogen and oxygen atoms in total. The number of carbonyl (C=O) groups excluding carboxylic acids is 1. The summed E-state index contributed by atoms with van der Waals surface area (Å²) in [6.45, 7) is 2.73. The van der Waals surface area contributed by atoms with Crippen molar-refractivity contribution in [1.29, 1.82) is 0 Å². The molecule has 1 saturated carbocycles. The molecule has 0 unspecified atom stereocenters. The van der Waals surface area contributed by atoms with Crippen LogP contribution in [-0.2, 0) is 11.3 Å². The Kier molecular flexibility index (Phi) is 3.60. The van der Waals surface area contributed by atoms with Crippen LogP contribution in [0, 0.1) is 5.41 Å². The van der Waals surface area contributed by atoms with E-state index in [1.807, 2.05) is 36.2 Å². The van der Waals surface area contributed by atoms with E-state index in [1.165, 1.54) is 12.8 Å². The van der Waals surface area contributed by atoms with Crippen molar-refractivity contribution >= 4 is 11.6 Å². The SMILES string of the molecule is CN(Cc1cccc(N)c1)C(=O)C1(C)CCCC1. The van der Waals surface area contributed by atoms with E-state index in [1.54, 1.807) is 0 Å². The van der Waals surface area contributed by atoms with Gasteiger partial charge in [-0.3, -0.25) is 4.79 Å². The largest absolute Gasteiger partial charge is 0.399 e. The van der Waals surface area contributed by atoms with Crippen LogP contribution >= 0.6 is 0 Å². The fourth-order valence-corrected chi connectivity index (χ4v) is 2.87. The monoisotopic (exact) mass is 246 g/mol. The summed E-state index contributed by atoms with van der Waals surface area (Å²) < 4.78 is 0. The molecule has 1 aliphatic rings. The molecule has 0 aliphatic heterocycles. The number of rotatable bonds is 3. The Hall–Kier alpha value is -1.51. The molecule has 1 aliphatic carbocycles.